The van der Waals surface area contributed by atoms with Gasteiger partial charge in [-0.15, -0.1) is 0 Å². The van der Waals surface area contributed by atoms with Crippen molar-refractivity contribution in [3.8, 4) is 0 Å². The molecule has 0 radical (unpaired) electrons. The van der Waals surface area contributed by atoms with Crippen LogP contribution < -0.4 is 15.5 Å². The van der Waals surface area contributed by atoms with Crippen molar-refractivity contribution < 1.29 is 14.4 Å². The first-order chi connectivity index (χ1) is 15.8. The second kappa shape index (κ2) is 9.39. The first kappa shape index (κ1) is 23.0. The SMILES string of the molecule is Cc1c(Cl)cccc1N1C(=O)C(Cl)=C(Nc2cccc(C(=O)Nc3ccc(Br)cc3)c2)C1=O. The molecule has 0 saturated carbocycles. The Bertz CT molecular complexity index is 1320. The van der Waals surface area contributed by atoms with Gasteiger partial charge >= 0.3 is 0 Å². The number of benzene rings is 3. The third-order valence-corrected chi connectivity index (χ3v) is 6.29. The van der Waals surface area contributed by atoms with Gasteiger partial charge in [-0.3, -0.25) is 14.4 Å². The van der Waals surface area contributed by atoms with E-state index in [-0.39, 0.29) is 16.6 Å². The van der Waals surface area contributed by atoms with E-state index in [1.165, 1.54) is 0 Å². The van der Waals surface area contributed by atoms with Crippen molar-refractivity contribution in [1.82, 2.24) is 0 Å². The average molecular weight is 545 g/mol. The Labute approximate surface area is 208 Å². The van der Waals surface area contributed by atoms with E-state index in [1.807, 2.05) is 12.1 Å². The largest absolute Gasteiger partial charge is 0.350 e. The molecule has 2 N–H and O–H groups in total. The number of anilines is 3. The molecule has 166 valence electrons. The summed E-state index contributed by atoms with van der Waals surface area (Å²) in [6.45, 7) is 1.71. The maximum absolute atomic E-state index is 13.1. The molecule has 1 aliphatic heterocycles. The van der Waals surface area contributed by atoms with E-state index >= 15 is 0 Å². The summed E-state index contributed by atoms with van der Waals surface area (Å²) in [5.74, 6) is -1.59. The third-order valence-electron chi connectivity index (χ3n) is 5.00. The molecule has 0 fully saturated rings. The summed E-state index contributed by atoms with van der Waals surface area (Å²) in [4.78, 5) is 39.4. The molecule has 0 aromatic heterocycles. The van der Waals surface area contributed by atoms with Crippen molar-refractivity contribution in [1.29, 1.82) is 0 Å². The van der Waals surface area contributed by atoms with E-state index in [4.69, 9.17) is 23.2 Å². The van der Waals surface area contributed by atoms with Gasteiger partial charge in [-0.2, -0.15) is 0 Å². The van der Waals surface area contributed by atoms with Gasteiger partial charge in [-0.25, -0.2) is 4.90 Å². The number of halogens is 3. The predicted octanol–water partition coefficient (Wildman–Crippen LogP) is 6.10. The molecule has 9 heteroatoms. The van der Waals surface area contributed by atoms with Gasteiger partial charge in [-0.05, 0) is 67.1 Å². The lowest BCUT2D eigenvalue weighted by Gasteiger charge is -2.18. The van der Waals surface area contributed by atoms with Crippen LogP contribution in [-0.4, -0.2) is 17.7 Å². The van der Waals surface area contributed by atoms with Crippen LogP contribution >= 0.6 is 39.1 Å². The minimum Gasteiger partial charge on any atom is -0.350 e. The summed E-state index contributed by atoms with van der Waals surface area (Å²) in [5.41, 5.74) is 2.28. The number of hydrogen-bond donors (Lipinski definition) is 2. The van der Waals surface area contributed by atoms with Crippen LogP contribution in [0.15, 0.2) is 81.9 Å². The van der Waals surface area contributed by atoms with Gasteiger partial charge in [0.05, 0.1) is 5.69 Å². The number of imide groups is 1. The molecule has 1 aliphatic rings. The molecule has 0 unspecified atom stereocenters. The van der Waals surface area contributed by atoms with Gasteiger partial charge in [0.15, 0.2) is 0 Å². The zero-order valence-corrected chi connectivity index (χ0v) is 20.3. The number of nitrogens with one attached hydrogen (secondary N) is 2. The topological polar surface area (TPSA) is 78.5 Å². The van der Waals surface area contributed by atoms with Crippen LogP contribution in [0, 0.1) is 6.92 Å². The van der Waals surface area contributed by atoms with E-state index in [2.05, 4.69) is 26.6 Å². The summed E-state index contributed by atoms with van der Waals surface area (Å²) in [5, 5.41) is 5.87. The minimum atomic E-state index is -0.654. The minimum absolute atomic E-state index is 0.0773. The fourth-order valence-corrected chi connectivity index (χ4v) is 3.93. The highest BCUT2D eigenvalue weighted by Gasteiger charge is 2.39. The number of hydrogen-bond acceptors (Lipinski definition) is 4. The summed E-state index contributed by atoms with van der Waals surface area (Å²) in [6, 6.07) is 18.6. The predicted molar refractivity (Wildman–Crippen MR) is 134 cm³/mol. The molecule has 0 aliphatic carbocycles. The Morgan fingerprint density at radius 1 is 0.909 bits per heavy atom. The quantitative estimate of drug-likeness (QED) is 0.380. The van der Waals surface area contributed by atoms with Gasteiger partial charge in [0.2, 0.25) is 0 Å². The normalized spacial score (nSPS) is 13.5. The summed E-state index contributed by atoms with van der Waals surface area (Å²) in [6.07, 6.45) is 0. The molecule has 0 saturated heterocycles. The molecule has 4 rings (SSSR count). The number of rotatable bonds is 5. The van der Waals surface area contributed by atoms with Crippen LogP contribution in [0.4, 0.5) is 17.1 Å². The monoisotopic (exact) mass is 543 g/mol. The molecule has 6 nitrogen and oxygen atoms in total. The van der Waals surface area contributed by atoms with Crippen molar-refractivity contribution in [2.75, 3.05) is 15.5 Å². The van der Waals surface area contributed by atoms with Gasteiger partial charge < -0.3 is 10.6 Å². The van der Waals surface area contributed by atoms with Crippen LogP contribution in [0.1, 0.15) is 15.9 Å². The Kier molecular flexibility index (Phi) is 6.56. The molecule has 0 bridgehead atoms. The smallest absolute Gasteiger partial charge is 0.283 e. The van der Waals surface area contributed by atoms with Gasteiger partial charge in [0, 0.05) is 26.4 Å². The van der Waals surface area contributed by atoms with Crippen LogP contribution in [0.25, 0.3) is 0 Å². The van der Waals surface area contributed by atoms with E-state index < -0.39 is 11.8 Å². The van der Waals surface area contributed by atoms with E-state index in [1.54, 1.807) is 61.5 Å². The van der Waals surface area contributed by atoms with E-state index in [9.17, 15) is 14.4 Å². The lowest BCUT2D eigenvalue weighted by atomic mass is 10.1. The van der Waals surface area contributed by atoms with Crippen LogP contribution in [0.5, 0.6) is 0 Å². The van der Waals surface area contributed by atoms with Gasteiger partial charge in [-0.1, -0.05) is 51.3 Å². The Morgan fingerprint density at radius 3 is 2.33 bits per heavy atom. The molecule has 3 aromatic carbocycles. The molecule has 3 aromatic rings. The van der Waals surface area contributed by atoms with Gasteiger partial charge in [0.1, 0.15) is 10.7 Å². The van der Waals surface area contributed by atoms with E-state index in [0.717, 1.165) is 9.37 Å². The molecule has 0 spiro atoms. The summed E-state index contributed by atoms with van der Waals surface area (Å²) >= 11 is 15.7. The standard InChI is InChI=1S/C24H16BrCl2N3O3/c1-13-18(26)6-3-7-19(13)30-23(32)20(27)21(24(30)33)28-17-5-2-4-14(12-17)22(31)29-16-10-8-15(25)9-11-16/h2-12,28H,1H3,(H,29,31). The molecule has 1 heterocycles. The highest BCUT2D eigenvalue weighted by atomic mass is 79.9. The molecular weight excluding hydrogens is 529 g/mol. The Balaban J connectivity index is 1.56. The van der Waals surface area contributed by atoms with Crippen molar-refractivity contribution in [3.63, 3.8) is 0 Å². The maximum Gasteiger partial charge on any atom is 0.283 e. The summed E-state index contributed by atoms with van der Waals surface area (Å²) < 4.78 is 0.898. The zero-order valence-electron chi connectivity index (χ0n) is 17.2. The van der Waals surface area contributed by atoms with Crippen molar-refractivity contribution in [2.24, 2.45) is 0 Å². The first-order valence-electron chi connectivity index (χ1n) is 9.74. The Hall–Kier alpha value is -3.13. The number of nitrogens with zero attached hydrogens (tertiary/aromatic N) is 1. The second-order valence-corrected chi connectivity index (χ2v) is 8.89. The lowest BCUT2D eigenvalue weighted by molar-refractivity contribution is -0.120. The Morgan fingerprint density at radius 2 is 1.61 bits per heavy atom. The molecular formula is C24H16BrCl2N3O3. The number of carbonyl (C=O) groups excluding carboxylic acids is 3. The number of carbonyl (C=O) groups is 3. The van der Waals surface area contributed by atoms with Crippen molar-refractivity contribution in [2.45, 2.75) is 6.92 Å². The fraction of sp³-hybridized carbons (Fsp3) is 0.0417. The van der Waals surface area contributed by atoms with E-state index in [0.29, 0.717) is 33.2 Å². The fourth-order valence-electron chi connectivity index (χ4n) is 3.29. The third kappa shape index (κ3) is 4.66. The van der Waals surface area contributed by atoms with Crippen LogP contribution in [-0.2, 0) is 9.59 Å². The average Bonchev–Trinajstić information content (AvgIpc) is 3.00. The first-order valence-corrected chi connectivity index (χ1v) is 11.3. The van der Waals surface area contributed by atoms with Gasteiger partial charge in [0.25, 0.3) is 17.7 Å². The zero-order chi connectivity index (χ0) is 23.7. The highest BCUT2D eigenvalue weighted by Crippen LogP contribution is 2.34. The number of amides is 3. The molecule has 33 heavy (non-hydrogen) atoms. The molecule has 0 atom stereocenters. The highest BCUT2D eigenvalue weighted by molar-refractivity contribution is 9.10. The summed E-state index contributed by atoms with van der Waals surface area (Å²) in [7, 11) is 0. The maximum atomic E-state index is 13.1. The lowest BCUT2D eigenvalue weighted by Crippen LogP contribution is -2.32. The molecule has 3 amide bonds. The van der Waals surface area contributed by atoms with Crippen molar-refractivity contribution in [3.05, 3.63) is 98.1 Å². The van der Waals surface area contributed by atoms with Crippen LogP contribution in [0.2, 0.25) is 5.02 Å². The van der Waals surface area contributed by atoms with Crippen LogP contribution in [0.3, 0.4) is 0 Å². The second-order valence-electron chi connectivity index (χ2n) is 7.19. The van der Waals surface area contributed by atoms with Crippen molar-refractivity contribution >= 4 is 73.9 Å².